The summed E-state index contributed by atoms with van der Waals surface area (Å²) in [6, 6.07) is 1.56. The van der Waals surface area contributed by atoms with Crippen LogP contribution in [0.25, 0.3) is 0 Å². The van der Waals surface area contributed by atoms with E-state index < -0.39 is 0 Å². The van der Waals surface area contributed by atoms with Crippen molar-refractivity contribution in [3.05, 3.63) is 22.8 Å². The number of hydrogen-bond acceptors (Lipinski definition) is 2. The van der Waals surface area contributed by atoms with Crippen LogP contribution in [0.2, 0.25) is 0 Å². The average Bonchev–Trinajstić information content (AvgIpc) is 2.38. The van der Waals surface area contributed by atoms with Crippen molar-refractivity contribution in [3.63, 3.8) is 0 Å². The van der Waals surface area contributed by atoms with Gasteiger partial charge in [-0.05, 0) is 43.2 Å². The molecule has 0 saturated carbocycles. The van der Waals surface area contributed by atoms with Crippen molar-refractivity contribution in [2.75, 3.05) is 0 Å². The van der Waals surface area contributed by atoms with E-state index in [0.29, 0.717) is 0 Å². The SMILES string of the molecule is CCCCc1c(CC)cc([O-])c([O-])c1CCCC.[Ni+2]. The van der Waals surface area contributed by atoms with Crippen LogP contribution in [0.1, 0.15) is 63.1 Å². The number of rotatable bonds is 7. The van der Waals surface area contributed by atoms with Crippen molar-refractivity contribution in [2.45, 2.75) is 65.7 Å². The fourth-order valence-corrected chi connectivity index (χ4v) is 2.39. The largest absolute Gasteiger partial charge is 2.00 e. The second kappa shape index (κ2) is 9.25. The first kappa shape index (κ1) is 18.3. The van der Waals surface area contributed by atoms with Gasteiger partial charge >= 0.3 is 16.5 Å². The van der Waals surface area contributed by atoms with E-state index in [1.807, 2.05) is 0 Å². The molecule has 0 N–H and O–H groups in total. The summed E-state index contributed by atoms with van der Waals surface area (Å²) >= 11 is 0. The Morgan fingerprint density at radius 1 is 0.895 bits per heavy atom. The van der Waals surface area contributed by atoms with Crippen LogP contribution in [0.3, 0.4) is 0 Å². The van der Waals surface area contributed by atoms with Crippen LogP contribution in [0.15, 0.2) is 6.07 Å². The molecule has 1 rings (SSSR count). The van der Waals surface area contributed by atoms with E-state index in [9.17, 15) is 10.2 Å². The molecule has 0 saturated heterocycles. The smallest absolute Gasteiger partial charge is 0.873 e. The fraction of sp³-hybridized carbons (Fsp3) is 0.625. The molecule has 0 heterocycles. The molecular formula is C16H24NiO2. The molecule has 1 aromatic carbocycles. The zero-order valence-electron chi connectivity index (χ0n) is 12.2. The minimum atomic E-state index is -0.321. The predicted molar refractivity (Wildman–Crippen MR) is 71.9 cm³/mol. The van der Waals surface area contributed by atoms with Crippen molar-refractivity contribution in [1.29, 1.82) is 0 Å². The molecule has 0 fully saturated rings. The molecule has 1 aromatic rings. The first-order valence-corrected chi connectivity index (χ1v) is 7.17. The molecule has 0 bridgehead atoms. The van der Waals surface area contributed by atoms with E-state index in [1.54, 1.807) is 6.07 Å². The zero-order valence-corrected chi connectivity index (χ0v) is 13.1. The van der Waals surface area contributed by atoms with Crippen molar-refractivity contribution in [1.82, 2.24) is 0 Å². The van der Waals surface area contributed by atoms with Crippen molar-refractivity contribution >= 4 is 0 Å². The third kappa shape index (κ3) is 4.72. The molecule has 19 heavy (non-hydrogen) atoms. The Balaban J connectivity index is 0.00000324. The van der Waals surface area contributed by atoms with Gasteiger partial charge in [0.25, 0.3) is 0 Å². The third-order valence-electron chi connectivity index (χ3n) is 3.50. The summed E-state index contributed by atoms with van der Waals surface area (Å²) in [4.78, 5) is 0. The van der Waals surface area contributed by atoms with Gasteiger partial charge in [-0.15, -0.1) is 11.5 Å². The molecule has 0 aromatic heterocycles. The normalized spacial score (nSPS) is 10.3. The van der Waals surface area contributed by atoms with Gasteiger partial charge in [-0.3, -0.25) is 0 Å². The van der Waals surface area contributed by atoms with Gasteiger partial charge in [-0.25, -0.2) is 0 Å². The van der Waals surface area contributed by atoms with Gasteiger partial charge in [-0.1, -0.05) is 45.2 Å². The molecule has 0 amide bonds. The third-order valence-corrected chi connectivity index (χ3v) is 3.50. The van der Waals surface area contributed by atoms with Crippen LogP contribution < -0.4 is 10.2 Å². The van der Waals surface area contributed by atoms with Gasteiger partial charge < -0.3 is 10.2 Å². The molecule has 0 atom stereocenters. The maximum Gasteiger partial charge on any atom is 2.00 e. The predicted octanol–water partition coefficient (Wildman–Crippen LogP) is 3.08. The molecule has 0 aliphatic carbocycles. The van der Waals surface area contributed by atoms with Crippen LogP contribution in [-0.4, -0.2) is 0 Å². The summed E-state index contributed by atoms with van der Waals surface area (Å²) < 4.78 is 0. The maximum atomic E-state index is 12.0. The number of aryl methyl sites for hydroxylation is 1. The topological polar surface area (TPSA) is 46.1 Å². The first-order valence-electron chi connectivity index (χ1n) is 7.17. The molecule has 0 aliphatic rings. The van der Waals surface area contributed by atoms with Gasteiger partial charge in [0.1, 0.15) is 0 Å². The molecule has 0 unspecified atom stereocenters. The van der Waals surface area contributed by atoms with Crippen LogP contribution >= 0.6 is 0 Å². The monoisotopic (exact) mass is 306 g/mol. The quantitative estimate of drug-likeness (QED) is 0.727. The number of benzene rings is 1. The molecule has 2 nitrogen and oxygen atoms in total. The van der Waals surface area contributed by atoms with Gasteiger partial charge in [0.05, 0.1) is 0 Å². The van der Waals surface area contributed by atoms with E-state index in [-0.39, 0.29) is 28.0 Å². The fourth-order valence-electron chi connectivity index (χ4n) is 2.39. The Bertz CT molecular complexity index is 389. The molecule has 3 heteroatoms. The summed E-state index contributed by atoms with van der Waals surface area (Å²) in [6.07, 6.45) is 6.78. The van der Waals surface area contributed by atoms with Gasteiger partial charge in [-0.2, -0.15) is 0 Å². The maximum absolute atomic E-state index is 12.0. The molecule has 110 valence electrons. The summed E-state index contributed by atoms with van der Waals surface area (Å²) in [5.74, 6) is -0.579. The van der Waals surface area contributed by atoms with E-state index in [1.165, 1.54) is 0 Å². The van der Waals surface area contributed by atoms with Crippen LogP contribution in [0.5, 0.6) is 11.5 Å². The Morgan fingerprint density at radius 2 is 1.42 bits per heavy atom. The summed E-state index contributed by atoms with van der Waals surface area (Å²) in [7, 11) is 0. The summed E-state index contributed by atoms with van der Waals surface area (Å²) in [6.45, 7) is 6.31. The Hall–Kier alpha value is -0.686. The number of hydrogen-bond donors (Lipinski definition) is 0. The summed E-state index contributed by atoms with van der Waals surface area (Å²) in [5, 5.41) is 23.7. The zero-order chi connectivity index (χ0) is 13.5. The van der Waals surface area contributed by atoms with Crippen LogP contribution in [0.4, 0.5) is 0 Å². The van der Waals surface area contributed by atoms with E-state index in [4.69, 9.17) is 0 Å². The second-order valence-electron chi connectivity index (χ2n) is 4.88. The van der Waals surface area contributed by atoms with E-state index >= 15 is 0 Å². The summed E-state index contributed by atoms with van der Waals surface area (Å²) in [5.41, 5.74) is 3.05. The van der Waals surface area contributed by atoms with Crippen molar-refractivity contribution in [3.8, 4) is 11.5 Å². The van der Waals surface area contributed by atoms with Gasteiger partial charge in [0, 0.05) is 0 Å². The van der Waals surface area contributed by atoms with Crippen LogP contribution in [0, 0.1) is 0 Å². The minimum absolute atomic E-state index is 0. The number of unbranched alkanes of at least 4 members (excludes halogenated alkanes) is 2. The molecule has 0 spiro atoms. The molecule has 0 radical (unpaired) electrons. The Morgan fingerprint density at radius 3 is 1.89 bits per heavy atom. The van der Waals surface area contributed by atoms with Gasteiger partial charge in [0.2, 0.25) is 0 Å². The standard InChI is InChI=1S/C16H26O2.Ni/c1-4-7-9-13-12(6-3)11-15(17)16(18)14(13)10-8-5-2;/h11,17-18H,4-10H2,1-3H3;/q;+2/p-2. The average molecular weight is 307 g/mol. The minimum Gasteiger partial charge on any atom is -0.873 e. The van der Waals surface area contributed by atoms with Crippen molar-refractivity contribution in [2.24, 2.45) is 0 Å². The van der Waals surface area contributed by atoms with Crippen molar-refractivity contribution < 1.29 is 26.7 Å². The Labute approximate surface area is 127 Å². The Kier molecular flexibility index (Phi) is 8.92. The van der Waals surface area contributed by atoms with Gasteiger partial charge in [0.15, 0.2) is 0 Å². The van der Waals surface area contributed by atoms with E-state index in [2.05, 4.69) is 20.8 Å². The molecule has 0 aliphatic heterocycles. The first-order chi connectivity index (χ1) is 8.65. The second-order valence-corrected chi connectivity index (χ2v) is 4.88. The van der Waals surface area contributed by atoms with E-state index in [0.717, 1.165) is 61.6 Å². The molecular weight excluding hydrogens is 283 g/mol. The van der Waals surface area contributed by atoms with Crippen LogP contribution in [-0.2, 0) is 35.8 Å².